The Kier molecular flexibility index (Phi) is 3.83. The van der Waals surface area contributed by atoms with Crippen LogP contribution >= 0.6 is 0 Å². The van der Waals surface area contributed by atoms with Crippen LogP contribution in [0.25, 0.3) is 0 Å². The van der Waals surface area contributed by atoms with E-state index in [1.165, 1.54) is 0 Å². The Hall–Kier alpha value is -1.16. The number of hydrogen-bond donors (Lipinski definition) is 2. The van der Waals surface area contributed by atoms with Gasteiger partial charge in [0.05, 0.1) is 11.8 Å². The number of nitrogens with zero attached hydrogens (tertiary/aromatic N) is 2. The third kappa shape index (κ3) is 3.70. The Morgan fingerprint density at radius 1 is 1.36 bits per heavy atom. The molecule has 1 aromatic rings. The number of aromatic nitrogens is 2. The minimum absolute atomic E-state index is 0.201. The smallest absolute Gasteiger partial charge is 0.148 e. The van der Waals surface area contributed by atoms with Gasteiger partial charge < -0.3 is 10.4 Å². The van der Waals surface area contributed by atoms with E-state index in [-0.39, 0.29) is 12.1 Å². The number of nitrogens with one attached hydrogen (secondary N) is 1. The van der Waals surface area contributed by atoms with Crippen molar-refractivity contribution in [1.29, 1.82) is 0 Å². The molecule has 0 aliphatic rings. The van der Waals surface area contributed by atoms with Crippen LogP contribution < -0.4 is 5.32 Å². The molecule has 78 valence electrons. The van der Waals surface area contributed by atoms with Crippen LogP contribution in [0, 0.1) is 6.92 Å². The van der Waals surface area contributed by atoms with Gasteiger partial charge in [-0.05, 0) is 39.3 Å². The third-order valence-electron chi connectivity index (χ3n) is 1.89. The molecule has 2 N–H and O–H groups in total. The van der Waals surface area contributed by atoms with E-state index in [1.54, 1.807) is 6.92 Å². The van der Waals surface area contributed by atoms with Crippen molar-refractivity contribution in [3.8, 4) is 0 Å². The maximum Gasteiger partial charge on any atom is 0.148 e. The van der Waals surface area contributed by atoms with Gasteiger partial charge in [-0.3, -0.25) is 0 Å². The second-order valence-electron chi connectivity index (χ2n) is 3.69. The zero-order valence-electron chi connectivity index (χ0n) is 8.86. The first kappa shape index (κ1) is 10.9. The molecule has 1 rings (SSSR count). The van der Waals surface area contributed by atoms with Crippen LogP contribution in [0.1, 0.15) is 26.0 Å². The van der Waals surface area contributed by atoms with Gasteiger partial charge in [0.1, 0.15) is 5.82 Å². The Balaban J connectivity index is 2.47. The first-order chi connectivity index (χ1) is 6.58. The average molecular weight is 195 g/mol. The highest BCUT2D eigenvalue weighted by molar-refractivity contribution is 5.33. The van der Waals surface area contributed by atoms with Crippen LogP contribution in [-0.2, 0) is 0 Å². The molecule has 4 heteroatoms. The van der Waals surface area contributed by atoms with Gasteiger partial charge in [0, 0.05) is 6.04 Å². The lowest BCUT2D eigenvalue weighted by Gasteiger charge is -2.15. The lowest BCUT2D eigenvalue weighted by Crippen LogP contribution is -2.21. The van der Waals surface area contributed by atoms with Crippen molar-refractivity contribution < 1.29 is 5.11 Å². The van der Waals surface area contributed by atoms with Gasteiger partial charge in [-0.25, -0.2) is 0 Å². The zero-order chi connectivity index (χ0) is 10.6. The third-order valence-corrected chi connectivity index (χ3v) is 1.89. The molecule has 0 saturated heterocycles. The standard InChI is InChI=1S/C10H17N3O/c1-7-4-5-10(13-12-7)11-8(2)6-9(3)14/h4-5,8-9,14H,6H2,1-3H3,(H,11,13). The number of aliphatic hydroxyl groups excluding tert-OH is 1. The molecule has 14 heavy (non-hydrogen) atoms. The Labute approximate surface area is 84.4 Å². The number of hydrogen-bond acceptors (Lipinski definition) is 4. The molecule has 0 aromatic carbocycles. The molecule has 1 aromatic heterocycles. The van der Waals surface area contributed by atoms with Crippen molar-refractivity contribution in [2.45, 2.75) is 39.3 Å². The molecule has 0 spiro atoms. The van der Waals surface area contributed by atoms with Crippen molar-refractivity contribution in [1.82, 2.24) is 10.2 Å². The summed E-state index contributed by atoms with van der Waals surface area (Å²) >= 11 is 0. The highest BCUT2D eigenvalue weighted by atomic mass is 16.3. The van der Waals surface area contributed by atoms with Crippen molar-refractivity contribution in [3.63, 3.8) is 0 Å². The van der Waals surface area contributed by atoms with Crippen LogP contribution in [0.2, 0.25) is 0 Å². The summed E-state index contributed by atoms with van der Waals surface area (Å²) in [5.41, 5.74) is 0.902. The van der Waals surface area contributed by atoms with Gasteiger partial charge in [-0.15, -0.1) is 5.10 Å². The summed E-state index contributed by atoms with van der Waals surface area (Å²) in [4.78, 5) is 0. The van der Waals surface area contributed by atoms with Gasteiger partial charge in [0.25, 0.3) is 0 Å². The molecule has 2 unspecified atom stereocenters. The average Bonchev–Trinajstić information content (AvgIpc) is 2.07. The SMILES string of the molecule is Cc1ccc(NC(C)CC(C)O)nn1. The van der Waals surface area contributed by atoms with Gasteiger partial charge in [0.15, 0.2) is 0 Å². The van der Waals surface area contributed by atoms with Gasteiger partial charge >= 0.3 is 0 Å². The molecule has 0 fully saturated rings. The highest BCUT2D eigenvalue weighted by Crippen LogP contribution is 2.06. The summed E-state index contributed by atoms with van der Waals surface area (Å²) in [5.74, 6) is 0.753. The summed E-state index contributed by atoms with van der Waals surface area (Å²) in [6.07, 6.45) is 0.408. The number of anilines is 1. The number of rotatable bonds is 4. The molecule has 0 aliphatic carbocycles. The van der Waals surface area contributed by atoms with Gasteiger partial charge in [-0.2, -0.15) is 5.10 Å². The van der Waals surface area contributed by atoms with Crippen molar-refractivity contribution >= 4 is 5.82 Å². The minimum atomic E-state index is -0.295. The monoisotopic (exact) mass is 195 g/mol. The van der Waals surface area contributed by atoms with E-state index < -0.39 is 0 Å². The topological polar surface area (TPSA) is 58.0 Å². The van der Waals surface area contributed by atoms with E-state index in [9.17, 15) is 0 Å². The summed E-state index contributed by atoms with van der Waals surface area (Å²) in [7, 11) is 0. The number of aliphatic hydroxyl groups is 1. The number of aryl methyl sites for hydroxylation is 1. The molecular weight excluding hydrogens is 178 g/mol. The fourth-order valence-corrected chi connectivity index (χ4v) is 1.30. The van der Waals surface area contributed by atoms with E-state index in [0.717, 1.165) is 11.5 Å². The van der Waals surface area contributed by atoms with Gasteiger partial charge in [-0.1, -0.05) is 0 Å². The second-order valence-corrected chi connectivity index (χ2v) is 3.69. The molecule has 0 bridgehead atoms. The quantitative estimate of drug-likeness (QED) is 0.761. The lowest BCUT2D eigenvalue weighted by atomic mass is 10.1. The van der Waals surface area contributed by atoms with Crippen molar-refractivity contribution in [3.05, 3.63) is 17.8 Å². The molecule has 1 heterocycles. The first-order valence-corrected chi connectivity index (χ1v) is 4.83. The maximum absolute atomic E-state index is 9.17. The predicted octanol–water partition coefficient (Wildman–Crippen LogP) is 1.36. The molecule has 2 atom stereocenters. The van der Waals surface area contributed by atoms with Gasteiger partial charge in [0.2, 0.25) is 0 Å². The van der Waals surface area contributed by atoms with Crippen molar-refractivity contribution in [2.75, 3.05) is 5.32 Å². The Morgan fingerprint density at radius 3 is 2.57 bits per heavy atom. The van der Waals surface area contributed by atoms with E-state index in [4.69, 9.17) is 5.11 Å². The summed E-state index contributed by atoms with van der Waals surface area (Å²) < 4.78 is 0. The lowest BCUT2D eigenvalue weighted by molar-refractivity contribution is 0.179. The minimum Gasteiger partial charge on any atom is -0.393 e. The van der Waals surface area contributed by atoms with Crippen LogP contribution in [0.15, 0.2) is 12.1 Å². The summed E-state index contributed by atoms with van der Waals surface area (Å²) in [6.45, 7) is 5.68. The normalized spacial score (nSPS) is 14.9. The zero-order valence-corrected chi connectivity index (χ0v) is 8.86. The molecule has 4 nitrogen and oxygen atoms in total. The Morgan fingerprint density at radius 2 is 2.07 bits per heavy atom. The van der Waals surface area contributed by atoms with Crippen molar-refractivity contribution in [2.24, 2.45) is 0 Å². The maximum atomic E-state index is 9.17. The first-order valence-electron chi connectivity index (χ1n) is 4.83. The van der Waals surface area contributed by atoms with Crippen LogP contribution in [-0.4, -0.2) is 27.4 Å². The molecule has 0 radical (unpaired) electrons. The molecule has 0 aliphatic heterocycles. The largest absolute Gasteiger partial charge is 0.393 e. The Bertz CT molecular complexity index is 271. The fourth-order valence-electron chi connectivity index (χ4n) is 1.30. The predicted molar refractivity (Wildman–Crippen MR) is 56.2 cm³/mol. The van der Waals surface area contributed by atoms with E-state index in [0.29, 0.717) is 6.42 Å². The van der Waals surface area contributed by atoms with E-state index in [1.807, 2.05) is 26.0 Å². The van der Waals surface area contributed by atoms with Crippen LogP contribution in [0.5, 0.6) is 0 Å². The molecule has 0 saturated carbocycles. The van der Waals surface area contributed by atoms with E-state index in [2.05, 4.69) is 15.5 Å². The van der Waals surface area contributed by atoms with E-state index >= 15 is 0 Å². The fraction of sp³-hybridized carbons (Fsp3) is 0.600. The summed E-state index contributed by atoms with van der Waals surface area (Å²) in [6, 6.07) is 4.00. The molecular formula is C10H17N3O. The van der Waals surface area contributed by atoms with Crippen LogP contribution in [0.4, 0.5) is 5.82 Å². The second kappa shape index (κ2) is 4.91. The van der Waals surface area contributed by atoms with Crippen LogP contribution in [0.3, 0.4) is 0 Å². The summed E-state index contributed by atoms with van der Waals surface area (Å²) in [5, 5.41) is 20.3. The molecule has 0 amide bonds. The highest BCUT2D eigenvalue weighted by Gasteiger charge is 2.06.